The molecule has 12 heteroatoms. The highest BCUT2D eigenvalue weighted by molar-refractivity contribution is 5.73. The van der Waals surface area contributed by atoms with Crippen molar-refractivity contribution in [1.82, 2.24) is 15.0 Å². The summed E-state index contributed by atoms with van der Waals surface area (Å²) in [6.07, 6.45) is -6.28. The zero-order chi connectivity index (χ0) is 25.1. The van der Waals surface area contributed by atoms with Crippen LogP contribution in [0.4, 0.5) is 8.78 Å². The Morgan fingerprint density at radius 2 is 1.86 bits per heavy atom. The molecule has 6 atom stereocenters. The second-order valence-electron chi connectivity index (χ2n) is 8.06. The number of aliphatic hydroxyl groups excluding tert-OH is 3. The van der Waals surface area contributed by atoms with Gasteiger partial charge in [0.1, 0.15) is 36.2 Å². The summed E-state index contributed by atoms with van der Waals surface area (Å²) in [7, 11) is 0. The summed E-state index contributed by atoms with van der Waals surface area (Å²) in [6, 6.07) is 10.6. The quantitative estimate of drug-likeness (QED) is 0.361. The van der Waals surface area contributed by atoms with Gasteiger partial charge in [-0.3, -0.25) is 0 Å². The first-order chi connectivity index (χ1) is 16.8. The average Bonchev–Trinajstić information content (AvgIpc) is 3.32. The molecular formula is C23H23F2N3O7. The summed E-state index contributed by atoms with van der Waals surface area (Å²) in [5, 5.41) is 49.0. The van der Waals surface area contributed by atoms with Crippen molar-refractivity contribution >= 4 is 5.97 Å². The Bertz CT molecular complexity index is 1160. The van der Waals surface area contributed by atoms with E-state index in [1.807, 2.05) is 0 Å². The van der Waals surface area contributed by atoms with Crippen LogP contribution in [0.15, 0.2) is 54.7 Å². The molecule has 4 N–H and O–H groups in total. The van der Waals surface area contributed by atoms with Gasteiger partial charge < -0.3 is 29.9 Å². The van der Waals surface area contributed by atoms with Gasteiger partial charge in [-0.25, -0.2) is 18.3 Å². The first-order valence-electron chi connectivity index (χ1n) is 10.7. The van der Waals surface area contributed by atoms with E-state index in [1.165, 1.54) is 12.3 Å². The molecule has 0 spiro atoms. The summed E-state index contributed by atoms with van der Waals surface area (Å²) in [4.78, 5) is 12.0. The Balaban J connectivity index is 1.61. The van der Waals surface area contributed by atoms with Gasteiger partial charge in [0.25, 0.3) is 0 Å². The zero-order valence-electron chi connectivity index (χ0n) is 18.2. The summed E-state index contributed by atoms with van der Waals surface area (Å²) < 4.78 is 39.1. The third-order valence-corrected chi connectivity index (χ3v) is 5.77. The number of nitrogens with zero attached hydrogens (tertiary/aromatic N) is 3. The number of aliphatic hydroxyl groups is 3. The number of benzene rings is 2. The minimum absolute atomic E-state index is 0.0923. The predicted molar refractivity (Wildman–Crippen MR) is 115 cm³/mol. The first-order valence-corrected chi connectivity index (χ1v) is 10.7. The van der Waals surface area contributed by atoms with E-state index in [-0.39, 0.29) is 17.9 Å². The lowest BCUT2D eigenvalue weighted by molar-refractivity contribution is -0.238. The predicted octanol–water partition coefficient (Wildman–Crippen LogP) is 0.916. The van der Waals surface area contributed by atoms with Crippen LogP contribution in [0, 0.1) is 11.6 Å². The maximum absolute atomic E-state index is 13.6. The summed E-state index contributed by atoms with van der Waals surface area (Å²) in [5.41, 5.74) is 0.991. The van der Waals surface area contributed by atoms with Crippen LogP contribution in [0.5, 0.6) is 0 Å². The van der Waals surface area contributed by atoms with Crippen LogP contribution in [-0.2, 0) is 20.9 Å². The van der Waals surface area contributed by atoms with Crippen molar-refractivity contribution in [2.24, 2.45) is 0 Å². The summed E-state index contributed by atoms with van der Waals surface area (Å²) in [6.45, 7) is -0.776. The van der Waals surface area contributed by atoms with Crippen molar-refractivity contribution in [3.8, 4) is 11.3 Å². The number of aromatic nitrogens is 3. The lowest BCUT2D eigenvalue weighted by Crippen LogP contribution is -2.60. The number of halogens is 2. The average molecular weight is 491 g/mol. The van der Waals surface area contributed by atoms with Gasteiger partial charge in [0.15, 0.2) is 17.7 Å². The molecule has 3 aromatic rings. The lowest BCUT2D eigenvalue weighted by Gasteiger charge is -2.43. The van der Waals surface area contributed by atoms with Crippen LogP contribution < -0.4 is 0 Å². The molecule has 0 bridgehead atoms. The van der Waals surface area contributed by atoms with Gasteiger partial charge in [0.2, 0.25) is 0 Å². The van der Waals surface area contributed by atoms with Crippen molar-refractivity contribution in [2.45, 2.75) is 43.2 Å². The molecule has 1 aromatic heterocycles. The van der Waals surface area contributed by atoms with Crippen LogP contribution in [0.25, 0.3) is 11.3 Å². The Morgan fingerprint density at radius 1 is 1.11 bits per heavy atom. The van der Waals surface area contributed by atoms with E-state index in [0.29, 0.717) is 5.56 Å². The molecule has 2 heterocycles. The topological polar surface area (TPSA) is 147 Å². The Hall–Kier alpha value is -3.29. The number of carbonyl (C=O) groups is 1. The van der Waals surface area contributed by atoms with Gasteiger partial charge in [-0.15, -0.1) is 5.10 Å². The second-order valence-corrected chi connectivity index (χ2v) is 8.06. The maximum Gasteiger partial charge on any atom is 0.335 e. The number of ether oxygens (including phenoxy) is 2. The van der Waals surface area contributed by atoms with Crippen LogP contribution in [-0.4, -0.2) is 78.5 Å². The van der Waals surface area contributed by atoms with Gasteiger partial charge in [0.05, 0.1) is 19.4 Å². The number of aliphatic carboxylic acids is 1. The number of rotatable bonds is 8. The molecule has 1 aliphatic rings. The fraction of sp³-hybridized carbons (Fsp3) is 0.348. The fourth-order valence-electron chi connectivity index (χ4n) is 3.97. The van der Waals surface area contributed by atoms with Gasteiger partial charge in [0, 0.05) is 5.56 Å². The van der Waals surface area contributed by atoms with Crippen molar-refractivity contribution < 1.29 is 43.5 Å². The monoisotopic (exact) mass is 491 g/mol. The molecule has 0 aliphatic carbocycles. The highest BCUT2D eigenvalue weighted by Gasteiger charge is 2.50. The summed E-state index contributed by atoms with van der Waals surface area (Å²) >= 11 is 0. The Kier molecular flexibility index (Phi) is 7.48. The van der Waals surface area contributed by atoms with Gasteiger partial charge >= 0.3 is 5.97 Å². The van der Waals surface area contributed by atoms with Crippen molar-refractivity contribution in [2.75, 3.05) is 6.61 Å². The van der Waals surface area contributed by atoms with E-state index in [4.69, 9.17) is 9.47 Å². The van der Waals surface area contributed by atoms with Gasteiger partial charge in [-0.1, -0.05) is 35.5 Å². The molecule has 1 aliphatic heterocycles. The molecule has 0 radical (unpaired) electrons. The van der Waals surface area contributed by atoms with E-state index in [0.717, 1.165) is 16.8 Å². The molecular weight excluding hydrogens is 468 g/mol. The Labute approximate surface area is 198 Å². The van der Waals surface area contributed by atoms with E-state index >= 15 is 0 Å². The second kappa shape index (κ2) is 10.5. The van der Waals surface area contributed by atoms with Crippen LogP contribution in [0.3, 0.4) is 0 Å². The third-order valence-electron chi connectivity index (χ3n) is 5.77. The molecule has 1 fully saturated rings. The number of carboxylic acids is 1. The molecule has 3 unspecified atom stereocenters. The van der Waals surface area contributed by atoms with E-state index in [9.17, 15) is 34.0 Å². The number of hydrogen-bond acceptors (Lipinski definition) is 8. The van der Waals surface area contributed by atoms with Gasteiger partial charge in [-0.05, 0) is 23.8 Å². The largest absolute Gasteiger partial charge is 0.479 e. The molecule has 0 saturated carbocycles. The molecule has 0 amide bonds. The minimum atomic E-state index is -1.65. The molecule has 186 valence electrons. The van der Waals surface area contributed by atoms with Crippen molar-refractivity contribution in [1.29, 1.82) is 0 Å². The SMILES string of the molecule is O=C(O)[C@@H](OCc1ccccc1)[C@@H]1OC(CO)[C@H](O)C(n2cc(-c3ccc(F)c(F)c3)nn2)C1O. The standard InChI is InChI=1S/C23H23F2N3O7/c24-14-7-6-13(8-15(14)25)16-9-28(27-26-16)18-19(30)17(10-29)35-21(20(18)31)22(23(32)33)34-11-12-4-2-1-3-5-12/h1-9,17-22,29-31H,10-11H2,(H,32,33)/t17?,18?,19-,20?,21+,22-/m0/s1. The smallest absolute Gasteiger partial charge is 0.335 e. The number of carboxylic acid groups (broad SMARTS) is 1. The van der Waals surface area contributed by atoms with Crippen LogP contribution in [0.1, 0.15) is 11.6 Å². The summed E-state index contributed by atoms with van der Waals surface area (Å²) in [5.74, 6) is -3.55. The van der Waals surface area contributed by atoms with Crippen LogP contribution in [0.2, 0.25) is 0 Å². The van der Waals surface area contributed by atoms with E-state index in [2.05, 4.69) is 10.3 Å². The zero-order valence-corrected chi connectivity index (χ0v) is 18.2. The highest BCUT2D eigenvalue weighted by atomic mass is 19.2. The molecule has 2 aromatic carbocycles. The third kappa shape index (κ3) is 5.21. The van der Waals surface area contributed by atoms with E-state index in [1.54, 1.807) is 30.3 Å². The molecule has 10 nitrogen and oxygen atoms in total. The van der Waals surface area contributed by atoms with Crippen LogP contribution >= 0.6 is 0 Å². The maximum atomic E-state index is 13.6. The molecule has 1 saturated heterocycles. The van der Waals surface area contributed by atoms with E-state index < -0.39 is 60.8 Å². The molecule has 4 rings (SSSR count). The number of hydrogen-bond donors (Lipinski definition) is 4. The van der Waals surface area contributed by atoms with Crippen molar-refractivity contribution in [3.05, 3.63) is 71.9 Å². The fourth-order valence-corrected chi connectivity index (χ4v) is 3.97. The van der Waals surface area contributed by atoms with Gasteiger partial charge in [-0.2, -0.15) is 0 Å². The highest BCUT2D eigenvalue weighted by Crippen LogP contribution is 2.33. The Morgan fingerprint density at radius 3 is 2.51 bits per heavy atom. The first kappa shape index (κ1) is 24.8. The van der Waals surface area contributed by atoms with Crippen molar-refractivity contribution in [3.63, 3.8) is 0 Å². The lowest BCUT2D eigenvalue weighted by atomic mass is 9.90. The normalized spacial score (nSPS) is 25.3. The molecule has 35 heavy (non-hydrogen) atoms. The minimum Gasteiger partial charge on any atom is -0.479 e.